The average Bonchev–Trinajstić information content (AvgIpc) is 2.62. The minimum Gasteiger partial charge on any atom is -0.508 e. The first kappa shape index (κ1) is 15.6. The Morgan fingerprint density at radius 3 is 2.50 bits per heavy atom. The Morgan fingerprint density at radius 1 is 1.08 bits per heavy atom. The standard InChI is InChI=1S/C18H15NO5/c1-22-15-5-3-4-11-10-14(18(21)23-2)17(19-16(11)15)24-13-8-6-12(20)7-9-13/h3-10,20H,1-2H3. The van der Waals surface area contributed by atoms with Gasteiger partial charge in [-0.15, -0.1) is 0 Å². The van der Waals surface area contributed by atoms with Gasteiger partial charge in [-0.05, 0) is 36.4 Å². The number of aromatic hydroxyl groups is 1. The molecule has 1 heterocycles. The van der Waals surface area contributed by atoms with E-state index >= 15 is 0 Å². The van der Waals surface area contributed by atoms with Crippen molar-refractivity contribution in [2.75, 3.05) is 14.2 Å². The molecule has 6 nitrogen and oxygen atoms in total. The third-order valence-electron chi connectivity index (χ3n) is 3.45. The molecule has 0 aliphatic heterocycles. The summed E-state index contributed by atoms with van der Waals surface area (Å²) in [6.45, 7) is 0. The fourth-order valence-corrected chi connectivity index (χ4v) is 2.28. The Labute approximate surface area is 138 Å². The Kier molecular flexibility index (Phi) is 4.20. The largest absolute Gasteiger partial charge is 0.508 e. The second kappa shape index (κ2) is 6.45. The lowest BCUT2D eigenvalue weighted by atomic mass is 10.1. The Hall–Kier alpha value is -3.28. The van der Waals surface area contributed by atoms with Gasteiger partial charge in [0.25, 0.3) is 0 Å². The summed E-state index contributed by atoms with van der Waals surface area (Å²) in [5.41, 5.74) is 0.771. The Bertz CT molecular complexity index is 890. The normalized spacial score (nSPS) is 10.4. The maximum absolute atomic E-state index is 12.1. The van der Waals surface area contributed by atoms with Crippen molar-refractivity contribution < 1.29 is 24.1 Å². The van der Waals surface area contributed by atoms with Gasteiger partial charge in [-0.1, -0.05) is 12.1 Å². The first-order valence-corrected chi connectivity index (χ1v) is 7.15. The summed E-state index contributed by atoms with van der Waals surface area (Å²) in [7, 11) is 2.84. The molecule has 1 N–H and O–H groups in total. The molecule has 6 heteroatoms. The highest BCUT2D eigenvalue weighted by molar-refractivity contribution is 5.97. The van der Waals surface area contributed by atoms with E-state index in [1.807, 2.05) is 12.1 Å². The number of hydrogen-bond donors (Lipinski definition) is 1. The molecule has 2 aromatic carbocycles. The van der Waals surface area contributed by atoms with Crippen LogP contribution in [0.4, 0.5) is 0 Å². The van der Waals surface area contributed by atoms with Crippen molar-refractivity contribution in [2.24, 2.45) is 0 Å². The van der Waals surface area contributed by atoms with Crippen LogP contribution in [0.3, 0.4) is 0 Å². The molecule has 0 atom stereocenters. The van der Waals surface area contributed by atoms with Gasteiger partial charge in [-0.25, -0.2) is 9.78 Å². The second-order valence-electron chi connectivity index (χ2n) is 4.96. The maximum Gasteiger partial charge on any atom is 0.343 e. The zero-order valence-electron chi connectivity index (χ0n) is 13.1. The van der Waals surface area contributed by atoms with Gasteiger partial charge in [0, 0.05) is 5.39 Å². The van der Waals surface area contributed by atoms with Gasteiger partial charge in [0.1, 0.15) is 28.3 Å². The zero-order valence-corrected chi connectivity index (χ0v) is 13.1. The minimum atomic E-state index is -0.555. The summed E-state index contributed by atoms with van der Waals surface area (Å²) in [5.74, 6) is 0.661. The van der Waals surface area contributed by atoms with Crippen LogP contribution < -0.4 is 9.47 Å². The molecule has 0 spiro atoms. The molecule has 0 fully saturated rings. The van der Waals surface area contributed by atoms with Crippen LogP contribution in [0.1, 0.15) is 10.4 Å². The number of esters is 1. The summed E-state index contributed by atoms with van der Waals surface area (Å²) < 4.78 is 15.8. The van der Waals surface area contributed by atoms with Crippen molar-refractivity contribution in [3.05, 3.63) is 54.1 Å². The van der Waals surface area contributed by atoms with E-state index < -0.39 is 5.97 Å². The number of pyridine rings is 1. The third kappa shape index (κ3) is 2.94. The van der Waals surface area contributed by atoms with Gasteiger partial charge in [-0.2, -0.15) is 0 Å². The lowest BCUT2D eigenvalue weighted by molar-refractivity contribution is 0.0597. The lowest BCUT2D eigenvalue weighted by Gasteiger charge is -2.12. The van der Waals surface area contributed by atoms with Crippen LogP contribution in [-0.4, -0.2) is 30.3 Å². The minimum absolute atomic E-state index is 0.101. The molecule has 0 aliphatic carbocycles. The maximum atomic E-state index is 12.1. The van der Waals surface area contributed by atoms with E-state index in [1.165, 1.54) is 19.2 Å². The summed E-state index contributed by atoms with van der Waals surface area (Å²) in [6, 6.07) is 13.2. The average molecular weight is 325 g/mol. The molecule has 24 heavy (non-hydrogen) atoms. The van der Waals surface area contributed by atoms with Crippen molar-refractivity contribution in [3.8, 4) is 23.1 Å². The number of carbonyl (C=O) groups excluding carboxylic acids is 1. The van der Waals surface area contributed by atoms with Gasteiger partial charge in [0.2, 0.25) is 5.88 Å². The molecule has 0 radical (unpaired) electrons. The fourth-order valence-electron chi connectivity index (χ4n) is 2.28. The molecule has 3 aromatic rings. The van der Waals surface area contributed by atoms with Crippen LogP contribution in [-0.2, 0) is 4.74 Å². The van der Waals surface area contributed by atoms with E-state index in [2.05, 4.69) is 4.98 Å². The smallest absolute Gasteiger partial charge is 0.343 e. The van der Waals surface area contributed by atoms with Gasteiger partial charge in [0.15, 0.2) is 0 Å². The predicted octanol–water partition coefficient (Wildman–Crippen LogP) is 3.53. The number of carbonyl (C=O) groups is 1. The number of para-hydroxylation sites is 1. The van der Waals surface area contributed by atoms with Crippen LogP contribution in [0.2, 0.25) is 0 Å². The monoisotopic (exact) mass is 325 g/mol. The van der Waals surface area contributed by atoms with Crippen molar-refractivity contribution in [3.63, 3.8) is 0 Å². The lowest BCUT2D eigenvalue weighted by Crippen LogP contribution is -2.06. The molecular weight excluding hydrogens is 310 g/mol. The van der Waals surface area contributed by atoms with E-state index in [4.69, 9.17) is 14.2 Å². The fraction of sp³-hybridized carbons (Fsp3) is 0.111. The molecule has 122 valence electrons. The van der Waals surface area contributed by atoms with Crippen molar-refractivity contribution in [1.29, 1.82) is 0 Å². The van der Waals surface area contributed by atoms with Gasteiger partial charge < -0.3 is 19.3 Å². The summed E-state index contributed by atoms with van der Waals surface area (Å²) in [5, 5.41) is 10.1. The molecule has 0 bridgehead atoms. The first-order chi connectivity index (χ1) is 11.6. The molecule has 0 saturated carbocycles. The highest BCUT2D eigenvalue weighted by Gasteiger charge is 2.18. The number of benzene rings is 2. The Morgan fingerprint density at radius 2 is 1.83 bits per heavy atom. The van der Waals surface area contributed by atoms with Crippen LogP contribution >= 0.6 is 0 Å². The summed E-state index contributed by atoms with van der Waals surface area (Å²) in [4.78, 5) is 16.5. The van der Waals surface area contributed by atoms with E-state index in [0.29, 0.717) is 17.0 Å². The van der Waals surface area contributed by atoms with Gasteiger partial charge in [0.05, 0.1) is 14.2 Å². The third-order valence-corrected chi connectivity index (χ3v) is 3.45. The number of hydrogen-bond acceptors (Lipinski definition) is 6. The second-order valence-corrected chi connectivity index (χ2v) is 4.96. The van der Waals surface area contributed by atoms with Crippen molar-refractivity contribution in [1.82, 2.24) is 4.98 Å². The van der Waals surface area contributed by atoms with Gasteiger partial charge in [-0.3, -0.25) is 0 Å². The molecular formula is C18H15NO5. The molecule has 0 amide bonds. The number of methoxy groups -OCH3 is 2. The molecule has 0 aliphatic rings. The summed E-state index contributed by atoms with van der Waals surface area (Å²) in [6.07, 6.45) is 0. The van der Waals surface area contributed by atoms with Crippen molar-refractivity contribution >= 4 is 16.9 Å². The molecule has 0 unspecified atom stereocenters. The van der Waals surface area contributed by atoms with Crippen LogP contribution in [0.15, 0.2) is 48.5 Å². The number of fused-ring (bicyclic) bond motifs is 1. The van der Waals surface area contributed by atoms with Crippen LogP contribution in [0.5, 0.6) is 23.1 Å². The SMILES string of the molecule is COC(=O)c1cc2cccc(OC)c2nc1Oc1ccc(O)cc1. The number of nitrogens with zero attached hydrogens (tertiary/aromatic N) is 1. The number of aromatic nitrogens is 1. The highest BCUT2D eigenvalue weighted by atomic mass is 16.5. The van der Waals surface area contributed by atoms with E-state index in [1.54, 1.807) is 31.4 Å². The van der Waals surface area contributed by atoms with Crippen LogP contribution in [0, 0.1) is 0 Å². The van der Waals surface area contributed by atoms with Crippen molar-refractivity contribution in [2.45, 2.75) is 0 Å². The quantitative estimate of drug-likeness (QED) is 0.739. The highest BCUT2D eigenvalue weighted by Crippen LogP contribution is 2.32. The topological polar surface area (TPSA) is 77.9 Å². The van der Waals surface area contributed by atoms with E-state index in [0.717, 1.165) is 5.39 Å². The summed E-state index contributed by atoms with van der Waals surface area (Å²) >= 11 is 0. The number of phenolic OH excluding ortho intramolecular Hbond substituents is 1. The first-order valence-electron chi connectivity index (χ1n) is 7.15. The number of ether oxygens (including phenoxy) is 3. The van der Waals surface area contributed by atoms with Crippen LogP contribution in [0.25, 0.3) is 10.9 Å². The zero-order chi connectivity index (χ0) is 17.1. The molecule has 1 aromatic heterocycles. The van der Waals surface area contributed by atoms with E-state index in [-0.39, 0.29) is 17.2 Å². The molecule has 0 saturated heterocycles. The molecule has 3 rings (SSSR count). The van der Waals surface area contributed by atoms with E-state index in [9.17, 15) is 9.90 Å². The van der Waals surface area contributed by atoms with Gasteiger partial charge >= 0.3 is 5.97 Å². The Balaban J connectivity index is 2.15. The predicted molar refractivity (Wildman–Crippen MR) is 87.8 cm³/mol. The number of rotatable bonds is 4. The number of phenols is 1.